The Hall–Kier alpha value is -3.00. The lowest BCUT2D eigenvalue weighted by atomic mass is 9.87. The summed E-state index contributed by atoms with van der Waals surface area (Å²) in [5.41, 5.74) is -0.629. The molecule has 1 aromatic carbocycles. The number of benzene rings is 1. The van der Waals surface area contributed by atoms with Crippen LogP contribution in [0.4, 0.5) is 0 Å². The summed E-state index contributed by atoms with van der Waals surface area (Å²) in [6, 6.07) is 6.37. The molecule has 2 heterocycles. The van der Waals surface area contributed by atoms with E-state index in [0.717, 1.165) is 0 Å². The molecule has 0 saturated carbocycles. The quantitative estimate of drug-likeness (QED) is 0.383. The lowest BCUT2D eigenvalue weighted by Gasteiger charge is -2.43. The number of carbonyl (C=O) groups is 2. The van der Waals surface area contributed by atoms with Crippen LogP contribution in [0.1, 0.15) is 39.4 Å². The molecule has 1 aliphatic heterocycles. The Labute approximate surface area is 184 Å². The summed E-state index contributed by atoms with van der Waals surface area (Å²) in [5, 5.41) is 2.21. The first-order valence-corrected chi connectivity index (χ1v) is 11.0. The molecule has 164 valence electrons. The highest BCUT2D eigenvalue weighted by Crippen LogP contribution is 2.46. The summed E-state index contributed by atoms with van der Waals surface area (Å²) in [4.78, 5) is 37.0. The van der Waals surface area contributed by atoms with Crippen molar-refractivity contribution in [3.63, 3.8) is 0 Å². The smallest absolute Gasteiger partial charge is 0.336 e. The first-order chi connectivity index (χ1) is 14.7. The summed E-state index contributed by atoms with van der Waals surface area (Å²) < 4.78 is 23.1. The van der Waals surface area contributed by atoms with Gasteiger partial charge in [0.1, 0.15) is 16.9 Å². The van der Waals surface area contributed by atoms with Gasteiger partial charge in [-0.2, -0.15) is 0 Å². The van der Waals surface area contributed by atoms with Gasteiger partial charge in [0.2, 0.25) is 0 Å². The zero-order chi connectivity index (χ0) is 22.8. The fraction of sp³-hybridized carbons (Fsp3) is 0.348. The van der Waals surface area contributed by atoms with E-state index >= 15 is 0 Å². The molecule has 8 heteroatoms. The molecule has 0 aliphatic carbocycles. The Bertz CT molecular complexity index is 1130. The highest BCUT2D eigenvalue weighted by Gasteiger charge is 2.50. The molecule has 2 aromatic rings. The van der Waals surface area contributed by atoms with Crippen LogP contribution in [0.3, 0.4) is 0 Å². The van der Waals surface area contributed by atoms with Gasteiger partial charge < -0.3 is 18.6 Å². The Kier molecular flexibility index (Phi) is 6.59. The van der Waals surface area contributed by atoms with Gasteiger partial charge in [-0.05, 0) is 57.6 Å². The molecule has 0 spiro atoms. The van der Waals surface area contributed by atoms with Crippen LogP contribution in [0.25, 0.3) is 11.0 Å². The van der Waals surface area contributed by atoms with Crippen LogP contribution in [0.2, 0.25) is 0 Å². The number of carbonyl (C=O) groups excluding carboxylic acids is 2. The number of hydrogen-bond acceptors (Lipinski definition) is 8. The van der Waals surface area contributed by atoms with E-state index in [9.17, 15) is 14.4 Å². The molecule has 0 N–H and O–H groups in total. The van der Waals surface area contributed by atoms with Gasteiger partial charge in [0.05, 0.1) is 5.56 Å². The Morgan fingerprint density at radius 2 is 1.87 bits per heavy atom. The summed E-state index contributed by atoms with van der Waals surface area (Å²) >= 11 is 1.34. The number of rotatable bonds is 5. The van der Waals surface area contributed by atoms with E-state index in [1.54, 1.807) is 57.4 Å². The van der Waals surface area contributed by atoms with Crippen LogP contribution in [-0.4, -0.2) is 29.9 Å². The van der Waals surface area contributed by atoms with Gasteiger partial charge in [-0.1, -0.05) is 6.08 Å². The lowest BCUT2D eigenvalue weighted by molar-refractivity contribution is -0.185. The third-order valence-corrected chi connectivity index (χ3v) is 5.39. The highest BCUT2D eigenvalue weighted by molar-refractivity contribution is 8.01. The first-order valence-electron chi connectivity index (χ1n) is 9.67. The molecule has 0 saturated heterocycles. The van der Waals surface area contributed by atoms with E-state index in [2.05, 4.69) is 0 Å². The minimum Gasteiger partial charge on any atom is -0.483 e. The predicted octanol–water partition coefficient (Wildman–Crippen LogP) is 4.30. The summed E-state index contributed by atoms with van der Waals surface area (Å²) in [5.74, 6) is -0.800. The molecule has 1 aliphatic rings. The van der Waals surface area contributed by atoms with E-state index in [4.69, 9.17) is 18.6 Å². The van der Waals surface area contributed by atoms with E-state index < -0.39 is 35.4 Å². The topological polar surface area (TPSA) is 92.0 Å². The van der Waals surface area contributed by atoms with Crippen LogP contribution >= 0.6 is 11.8 Å². The number of thioether (sulfide) groups is 1. The van der Waals surface area contributed by atoms with Crippen LogP contribution in [-0.2, 0) is 19.1 Å². The molecule has 0 bridgehead atoms. The summed E-state index contributed by atoms with van der Waals surface area (Å²) in [7, 11) is 0. The number of ether oxygens (including phenoxy) is 3. The van der Waals surface area contributed by atoms with Gasteiger partial charge in [0, 0.05) is 23.1 Å². The molecule has 0 amide bonds. The molecular weight excluding hydrogens is 420 g/mol. The Balaban J connectivity index is 2.19. The van der Waals surface area contributed by atoms with Crippen molar-refractivity contribution < 1.29 is 28.2 Å². The van der Waals surface area contributed by atoms with E-state index in [0.29, 0.717) is 22.3 Å². The fourth-order valence-corrected chi connectivity index (χ4v) is 3.54. The summed E-state index contributed by atoms with van der Waals surface area (Å²) in [6.07, 6.45) is 2.67. The van der Waals surface area contributed by atoms with Gasteiger partial charge in [0.15, 0.2) is 12.2 Å². The molecule has 2 atom stereocenters. The maximum absolute atomic E-state index is 12.6. The minimum atomic E-state index is -1.05. The van der Waals surface area contributed by atoms with Crippen LogP contribution in [0.5, 0.6) is 5.75 Å². The third-order valence-electron chi connectivity index (χ3n) is 4.98. The number of fused-ring (bicyclic) bond motifs is 3. The van der Waals surface area contributed by atoms with Crippen LogP contribution in [0.15, 0.2) is 56.6 Å². The average molecular weight is 445 g/mol. The predicted molar refractivity (Wildman–Crippen MR) is 118 cm³/mol. The molecule has 1 aromatic heterocycles. The maximum Gasteiger partial charge on any atom is 0.336 e. The monoisotopic (exact) mass is 444 g/mol. The number of esters is 2. The van der Waals surface area contributed by atoms with E-state index in [1.165, 1.54) is 23.9 Å². The second-order valence-corrected chi connectivity index (χ2v) is 8.29. The van der Waals surface area contributed by atoms with Gasteiger partial charge >= 0.3 is 17.6 Å². The van der Waals surface area contributed by atoms with Crippen LogP contribution in [0, 0.1) is 0 Å². The number of allylic oxidation sites excluding steroid dienone is 1. The van der Waals surface area contributed by atoms with Crippen LogP contribution < -0.4 is 10.4 Å². The van der Waals surface area contributed by atoms with Crippen molar-refractivity contribution in [1.82, 2.24) is 0 Å². The molecule has 0 fully saturated rings. The van der Waals surface area contributed by atoms with Crippen molar-refractivity contribution in [2.24, 2.45) is 0 Å². The second-order valence-electron chi connectivity index (χ2n) is 7.55. The van der Waals surface area contributed by atoms with E-state index in [-0.39, 0.29) is 5.58 Å². The van der Waals surface area contributed by atoms with Crippen molar-refractivity contribution in [2.45, 2.75) is 45.5 Å². The van der Waals surface area contributed by atoms with Crippen molar-refractivity contribution in [3.8, 4) is 5.75 Å². The van der Waals surface area contributed by atoms with Crippen molar-refractivity contribution in [3.05, 3.63) is 63.4 Å². The fourth-order valence-electron chi connectivity index (χ4n) is 3.29. The Morgan fingerprint density at radius 1 is 1.16 bits per heavy atom. The van der Waals surface area contributed by atoms with E-state index in [1.807, 2.05) is 6.26 Å². The molecular formula is C23H24O7S. The van der Waals surface area contributed by atoms with Gasteiger partial charge in [0.25, 0.3) is 0 Å². The summed E-state index contributed by atoms with van der Waals surface area (Å²) in [6.45, 7) is 6.83. The molecule has 0 radical (unpaired) electrons. The zero-order valence-electron chi connectivity index (χ0n) is 18.0. The zero-order valence-corrected chi connectivity index (χ0v) is 18.8. The minimum absolute atomic E-state index is 0.218. The molecule has 7 nitrogen and oxygen atoms in total. The molecule has 0 unspecified atom stereocenters. The SMILES string of the molecule is CC=C(C)C(=O)O[C@@H]1[C@H](OC(=O)C=CSC)c2c(ccc3ccc(=O)oc23)OC1(C)C. The second kappa shape index (κ2) is 9.01. The number of hydrogen-bond donors (Lipinski definition) is 0. The van der Waals surface area contributed by atoms with Gasteiger partial charge in [-0.25, -0.2) is 14.4 Å². The third kappa shape index (κ3) is 4.69. The van der Waals surface area contributed by atoms with Crippen molar-refractivity contribution in [2.75, 3.05) is 6.26 Å². The van der Waals surface area contributed by atoms with Crippen molar-refractivity contribution in [1.29, 1.82) is 0 Å². The first kappa shape index (κ1) is 22.7. The molecule has 3 rings (SSSR count). The van der Waals surface area contributed by atoms with Crippen molar-refractivity contribution >= 4 is 34.7 Å². The Morgan fingerprint density at radius 3 is 2.55 bits per heavy atom. The van der Waals surface area contributed by atoms with Gasteiger partial charge in [-0.3, -0.25) is 0 Å². The standard InChI is InChI=1S/C23H24O7S/c1-6-13(2)22(26)29-21-20(28-17(25)11-12-31-5)18-15(30-23(21,3)4)9-7-14-8-10-16(24)27-19(14)18/h6-12,20-21H,1-5H3/t20-,21-/m1/s1. The highest BCUT2D eigenvalue weighted by atomic mass is 32.2. The maximum atomic E-state index is 12.6. The molecule has 31 heavy (non-hydrogen) atoms. The normalized spacial score (nSPS) is 20.2. The van der Waals surface area contributed by atoms with Gasteiger partial charge in [-0.15, -0.1) is 11.8 Å². The largest absolute Gasteiger partial charge is 0.483 e. The lowest BCUT2D eigenvalue weighted by Crippen LogP contribution is -2.52. The average Bonchev–Trinajstić information content (AvgIpc) is 2.72.